The fraction of sp³-hybridized carbons (Fsp3) is 0.438. The molecule has 2 rings (SSSR count). The summed E-state index contributed by atoms with van der Waals surface area (Å²) in [7, 11) is 3.55. The van der Waals surface area contributed by atoms with Crippen LogP contribution in [0, 0.1) is 0 Å². The third-order valence-corrected chi connectivity index (χ3v) is 3.35. The molecule has 0 radical (unpaired) electrons. The minimum atomic E-state index is 0.288. The lowest BCUT2D eigenvalue weighted by atomic mass is 10.1. The number of rotatable bonds is 7. The molecule has 1 N–H and O–H groups in total. The smallest absolute Gasteiger partial charge is 0.161 e. The number of ether oxygens (including phenoxy) is 2. The highest BCUT2D eigenvalue weighted by molar-refractivity contribution is 5.43. The number of nitrogens with zero attached hydrogens (tertiary/aromatic N) is 2. The average molecular weight is 289 g/mol. The molecule has 1 aromatic heterocycles. The lowest BCUT2D eigenvalue weighted by Crippen LogP contribution is -2.17. The molecule has 2 aromatic rings. The molecule has 5 heteroatoms. The second-order valence-corrected chi connectivity index (χ2v) is 5.00. The standard InChI is InChI=1S/C16H23N3O2/c1-5-17-12(2)14-6-7-15(16(8-14)20-4)21-11-13-9-18-19(3)10-13/h6-10,12,17H,5,11H2,1-4H3. The van der Waals surface area contributed by atoms with Crippen LogP contribution in [0.15, 0.2) is 30.6 Å². The lowest BCUT2D eigenvalue weighted by Gasteiger charge is -2.16. The molecule has 0 saturated heterocycles. The van der Waals surface area contributed by atoms with Gasteiger partial charge >= 0.3 is 0 Å². The lowest BCUT2D eigenvalue weighted by molar-refractivity contribution is 0.284. The van der Waals surface area contributed by atoms with Crippen LogP contribution in [0.5, 0.6) is 11.5 Å². The van der Waals surface area contributed by atoms with Crippen molar-refractivity contribution in [2.24, 2.45) is 7.05 Å². The first-order valence-corrected chi connectivity index (χ1v) is 7.15. The first kappa shape index (κ1) is 15.4. The summed E-state index contributed by atoms with van der Waals surface area (Å²) in [6.45, 7) is 5.64. The predicted molar refractivity (Wildman–Crippen MR) is 82.6 cm³/mol. The fourth-order valence-electron chi connectivity index (χ4n) is 2.20. The molecule has 114 valence electrons. The van der Waals surface area contributed by atoms with Gasteiger partial charge in [0.05, 0.1) is 13.3 Å². The number of nitrogens with one attached hydrogen (secondary N) is 1. The van der Waals surface area contributed by atoms with Gasteiger partial charge in [-0.2, -0.15) is 5.10 Å². The summed E-state index contributed by atoms with van der Waals surface area (Å²) >= 11 is 0. The summed E-state index contributed by atoms with van der Waals surface area (Å²) in [6.07, 6.45) is 3.74. The molecule has 0 aliphatic heterocycles. The van der Waals surface area contributed by atoms with E-state index in [4.69, 9.17) is 9.47 Å². The van der Waals surface area contributed by atoms with E-state index in [0.717, 1.165) is 23.6 Å². The summed E-state index contributed by atoms with van der Waals surface area (Å²) in [5.74, 6) is 1.50. The Hall–Kier alpha value is -2.01. The molecule has 0 bridgehead atoms. The third kappa shape index (κ3) is 3.98. The van der Waals surface area contributed by atoms with E-state index in [2.05, 4.69) is 30.3 Å². The molecule has 0 aliphatic rings. The zero-order chi connectivity index (χ0) is 15.2. The average Bonchev–Trinajstić information content (AvgIpc) is 2.90. The van der Waals surface area contributed by atoms with Gasteiger partial charge in [-0.1, -0.05) is 13.0 Å². The Kier molecular flexibility index (Phi) is 5.22. The van der Waals surface area contributed by atoms with Crippen LogP contribution in [-0.4, -0.2) is 23.4 Å². The van der Waals surface area contributed by atoms with E-state index in [1.54, 1.807) is 18.0 Å². The first-order valence-electron chi connectivity index (χ1n) is 7.15. The topological polar surface area (TPSA) is 48.3 Å². The van der Waals surface area contributed by atoms with Gasteiger partial charge in [0.25, 0.3) is 0 Å². The Labute approximate surface area is 125 Å². The fourth-order valence-corrected chi connectivity index (χ4v) is 2.20. The Balaban J connectivity index is 2.08. The molecule has 21 heavy (non-hydrogen) atoms. The molecule has 0 aliphatic carbocycles. The second-order valence-electron chi connectivity index (χ2n) is 5.00. The summed E-state index contributed by atoms with van der Waals surface area (Å²) in [5.41, 5.74) is 2.21. The van der Waals surface area contributed by atoms with Crippen LogP contribution in [0.25, 0.3) is 0 Å². The van der Waals surface area contributed by atoms with Crippen molar-refractivity contribution in [3.8, 4) is 11.5 Å². The van der Waals surface area contributed by atoms with Crippen LogP contribution in [0.4, 0.5) is 0 Å². The summed E-state index contributed by atoms with van der Waals surface area (Å²) in [5, 5.41) is 7.51. The molecular weight excluding hydrogens is 266 g/mol. The zero-order valence-electron chi connectivity index (χ0n) is 13.1. The normalized spacial score (nSPS) is 12.2. The number of benzene rings is 1. The maximum absolute atomic E-state index is 5.82. The largest absolute Gasteiger partial charge is 0.493 e. The highest BCUT2D eigenvalue weighted by Gasteiger charge is 2.10. The Morgan fingerprint density at radius 3 is 2.76 bits per heavy atom. The minimum absolute atomic E-state index is 0.288. The highest BCUT2D eigenvalue weighted by atomic mass is 16.5. The number of aromatic nitrogens is 2. The van der Waals surface area contributed by atoms with Crippen molar-refractivity contribution in [3.05, 3.63) is 41.7 Å². The van der Waals surface area contributed by atoms with E-state index in [1.165, 1.54) is 5.56 Å². The van der Waals surface area contributed by atoms with Crippen molar-refractivity contribution in [1.82, 2.24) is 15.1 Å². The van der Waals surface area contributed by atoms with E-state index in [1.807, 2.05) is 25.4 Å². The van der Waals surface area contributed by atoms with Crippen LogP contribution in [0.1, 0.15) is 31.0 Å². The van der Waals surface area contributed by atoms with E-state index in [0.29, 0.717) is 6.61 Å². The summed E-state index contributed by atoms with van der Waals surface area (Å²) < 4.78 is 13.0. The molecule has 1 unspecified atom stereocenters. The minimum Gasteiger partial charge on any atom is -0.493 e. The molecule has 0 fully saturated rings. The van der Waals surface area contributed by atoms with Gasteiger partial charge in [-0.15, -0.1) is 0 Å². The van der Waals surface area contributed by atoms with Crippen LogP contribution < -0.4 is 14.8 Å². The maximum Gasteiger partial charge on any atom is 0.161 e. The Bertz CT molecular complexity index is 581. The predicted octanol–water partition coefficient (Wildman–Crippen LogP) is 2.68. The van der Waals surface area contributed by atoms with Gasteiger partial charge in [-0.25, -0.2) is 0 Å². The molecule has 0 saturated carbocycles. The van der Waals surface area contributed by atoms with Crippen LogP contribution in [0.2, 0.25) is 0 Å². The first-order chi connectivity index (χ1) is 10.1. The van der Waals surface area contributed by atoms with E-state index < -0.39 is 0 Å². The maximum atomic E-state index is 5.82. The van der Waals surface area contributed by atoms with Gasteiger partial charge in [-0.3, -0.25) is 4.68 Å². The molecule has 0 spiro atoms. The Morgan fingerprint density at radius 2 is 2.14 bits per heavy atom. The number of aryl methyl sites for hydroxylation is 1. The zero-order valence-corrected chi connectivity index (χ0v) is 13.1. The summed E-state index contributed by atoms with van der Waals surface area (Å²) in [4.78, 5) is 0. The van der Waals surface area contributed by atoms with Crippen LogP contribution in [-0.2, 0) is 13.7 Å². The van der Waals surface area contributed by atoms with Crippen molar-refractivity contribution in [2.75, 3.05) is 13.7 Å². The monoisotopic (exact) mass is 289 g/mol. The van der Waals surface area contributed by atoms with Gasteiger partial charge in [0.15, 0.2) is 11.5 Å². The van der Waals surface area contributed by atoms with Crippen LogP contribution in [0.3, 0.4) is 0 Å². The third-order valence-electron chi connectivity index (χ3n) is 3.35. The summed E-state index contributed by atoms with van der Waals surface area (Å²) in [6, 6.07) is 6.33. The SMILES string of the molecule is CCNC(C)c1ccc(OCc2cnn(C)c2)c(OC)c1. The number of hydrogen-bond donors (Lipinski definition) is 1. The van der Waals surface area contributed by atoms with Crippen molar-refractivity contribution < 1.29 is 9.47 Å². The van der Waals surface area contributed by atoms with Crippen molar-refractivity contribution in [2.45, 2.75) is 26.5 Å². The van der Waals surface area contributed by atoms with E-state index in [-0.39, 0.29) is 6.04 Å². The second kappa shape index (κ2) is 7.13. The van der Waals surface area contributed by atoms with Gasteiger partial charge < -0.3 is 14.8 Å². The van der Waals surface area contributed by atoms with Crippen molar-refractivity contribution in [3.63, 3.8) is 0 Å². The van der Waals surface area contributed by atoms with Crippen LogP contribution >= 0.6 is 0 Å². The van der Waals surface area contributed by atoms with Gasteiger partial charge in [0.2, 0.25) is 0 Å². The molecule has 5 nitrogen and oxygen atoms in total. The van der Waals surface area contributed by atoms with Gasteiger partial charge in [0.1, 0.15) is 6.61 Å². The van der Waals surface area contributed by atoms with E-state index in [9.17, 15) is 0 Å². The molecule has 1 aromatic carbocycles. The molecular formula is C16H23N3O2. The quantitative estimate of drug-likeness (QED) is 0.851. The van der Waals surface area contributed by atoms with Gasteiger partial charge in [0, 0.05) is 24.8 Å². The highest BCUT2D eigenvalue weighted by Crippen LogP contribution is 2.30. The van der Waals surface area contributed by atoms with Crippen molar-refractivity contribution in [1.29, 1.82) is 0 Å². The number of methoxy groups -OCH3 is 1. The molecule has 0 amide bonds. The van der Waals surface area contributed by atoms with Gasteiger partial charge in [-0.05, 0) is 31.2 Å². The Morgan fingerprint density at radius 1 is 1.33 bits per heavy atom. The van der Waals surface area contributed by atoms with E-state index >= 15 is 0 Å². The number of hydrogen-bond acceptors (Lipinski definition) is 4. The molecule has 1 atom stereocenters. The molecule has 1 heterocycles. The van der Waals surface area contributed by atoms with Crippen molar-refractivity contribution >= 4 is 0 Å².